The molecule has 8 nitrogen and oxygen atoms in total. The first-order valence-corrected chi connectivity index (χ1v) is 6.52. The van der Waals surface area contributed by atoms with Crippen LogP contribution < -0.4 is 5.32 Å². The SMILES string of the molecule is CC(C)(O)O.CN(/C=C\C(=O)NC=O)C1CCC(CO)O1. The molecule has 1 heterocycles. The molecule has 0 radical (unpaired) electrons. The Kier molecular flexibility index (Phi) is 8.79. The number of hydrogen-bond donors (Lipinski definition) is 4. The number of carbonyl (C=O) groups is 2. The number of aliphatic hydroxyl groups excluding tert-OH is 1. The van der Waals surface area contributed by atoms with Crippen molar-refractivity contribution in [1.82, 2.24) is 10.2 Å². The Morgan fingerprint density at radius 3 is 2.43 bits per heavy atom. The third-order valence-corrected chi connectivity index (χ3v) is 2.41. The first-order chi connectivity index (χ1) is 9.67. The normalized spacial score (nSPS) is 21.6. The number of amides is 2. The Hall–Kier alpha value is -1.48. The molecule has 1 rings (SSSR count). The zero-order chi connectivity index (χ0) is 16.5. The summed E-state index contributed by atoms with van der Waals surface area (Å²) in [5, 5.41) is 27.0. The molecule has 0 aromatic carbocycles. The van der Waals surface area contributed by atoms with Crippen LogP contribution in [-0.4, -0.2) is 64.3 Å². The summed E-state index contributed by atoms with van der Waals surface area (Å²) in [6.07, 6.45) is 4.50. The van der Waals surface area contributed by atoms with E-state index in [1.165, 1.54) is 19.9 Å². The average molecular weight is 304 g/mol. The van der Waals surface area contributed by atoms with Crippen molar-refractivity contribution in [2.75, 3.05) is 13.7 Å². The lowest BCUT2D eigenvalue weighted by atomic mass is 10.2. The smallest absolute Gasteiger partial charge is 0.251 e. The number of ether oxygens (including phenoxy) is 1. The van der Waals surface area contributed by atoms with Gasteiger partial charge in [0.05, 0.1) is 12.7 Å². The fourth-order valence-corrected chi connectivity index (χ4v) is 1.51. The van der Waals surface area contributed by atoms with Gasteiger partial charge in [-0.15, -0.1) is 0 Å². The highest BCUT2D eigenvalue weighted by Gasteiger charge is 2.26. The van der Waals surface area contributed by atoms with Crippen LogP contribution in [0, 0.1) is 0 Å². The maximum Gasteiger partial charge on any atom is 0.251 e. The molecule has 0 bridgehead atoms. The van der Waals surface area contributed by atoms with Crippen molar-refractivity contribution in [3.8, 4) is 0 Å². The van der Waals surface area contributed by atoms with Crippen LogP contribution in [0.4, 0.5) is 0 Å². The Bertz CT molecular complexity index is 347. The van der Waals surface area contributed by atoms with Crippen molar-refractivity contribution in [2.45, 2.75) is 44.8 Å². The van der Waals surface area contributed by atoms with Gasteiger partial charge in [-0.3, -0.25) is 14.9 Å². The molecule has 4 N–H and O–H groups in total. The van der Waals surface area contributed by atoms with Gasteiger partial charge in [0, 0.05) is 19.3 Å². The van der Waals surface area contributed by atoms with Crippen LogP contribution in [0.1, 0.15) is 26.7 Å². The Morgan fingerprint density at radius 1 is 1.43 bits per heavy atom. The summed E-state index contributed by atoms with van der Waals surface area (Å²) in [5.74, 6) is -1.97. The monoisotopic (exact) mass is 304 g/mol. The highest BCUT2D eigenvalue weighted by molar-refractivity contribution is 5.94. The second kappa shape index (κ2) is 9.46. The zero-order valence-corrected chi connectivity index (χ0v) is 12.5. The van der Waals surface area contributed by atoms with Gasteiger partial charge in [0.15, 0.2) is 5.79 Å². The molecule has 2 amide bonds. The lowest BCUT2D eigenvalue weighted by molar-refractivity contribution is -0.127. The molecule has 0 saturated carbocycles. The molecule has 0 aromatic rings. The van der Waals surface area contributed by atoms with Crippen molar-refractivity contribution in [3.63, 3.8) is 0 Å². The Morgan fingerprint density at radius 2 is 2.00 bits per heavy atom. The number of hydrogen-bond acceptors (Lipinski definition) is 7. The summed E-state index contributed by atoms with van der Waals surface area (Å²) in [6.45, 7) is 2.61. The molecule has 1 fully saturated rings. The predicted molar refractivity (Wildman–Crippen MR) is 74.6 cm³/mol. The molecule has 1 aliphatic rings. The van der Waals surface area contributed by atoms with Crippen molar-refractivity contribution in [3.05, 3.63) is 12.3 Å². The molecule has 1 saturated heterocycles. The average Bonchev–Trinajstić information content (AvgIpc) is 2.83. The van der Waals surface area contributed by atoms with E-state index in [0.717, 1.165) is 12.8 Å². The van der Waals surface area contributed by atoms with Crippen LogP contribution >= 0.6 is 0 Å². The third kappa shape index (κ3) is 10.9. The fraction of sp³-hybridized carbons (Fsp3) is 0.692. The minimum Gasteiger partial charge on any atom is -0.394 e. The van der Waals surface area contributed by atoms with Gasteiger partial charge >= 0.3 is 0 Å². The number of imide groups is 1. The maximum absolute atomic E-state index is 10.9. The third-order valence-electron chi connectivity index (χ3n) is 2.41. The quantitative estimate of drug-likeness (QED) is 0.289. The van der Waals surface area contributed by atoms with Crippen LogP contribution in [0.5, 0.6) is 0 Å². The van der Waals surface area contributed by atoms with Gasteiger partial charge in [-0.1, -0.05) is 0 Å². The molecule has 1 aliphatic heterocycles. The topological polar surface area (TPSA) is 119 Å². The molecular weight excluding hydrogens is 280 g/mol. The molecule has 2 atom stereocenters. The molecule has 0 spiro atoms. The molecule has 0 aromatic heterocycles. The lowest BCUT2D eigenvalue weighted by Gasteiger charge is -2.22. The van der Waals surface area contributed by atoms with Crippen LogP contribution in [-0.2, 0) is 14.3 Å². The van der Waals surface area contributed by atoms with Gasteiger partial charge in [-0.05, 0) is 26.7 Å². The van der Waals surface area contributed by atoms with E-state index in [-0.39, 0.29) is 18.9 Å². The van der Waals surface area contributed by atoms with Gasteiger partial charge in [-0.2, -0.15) is 0 Å². The van der Waals surface area contributed by atoms with Gasteiger partial charge in [-0.25, -0.2) is 0 Å². The largest absolute Gasteiger partial charge is 0.394 e. The summed E-state index contributed by atoms with van der Waals surface area (Å²) >= 11 is 0. The van der Waals surface area contributed by atoms with Crippen LogP contribution in [0.25, 0.3) is 0 Å². The van der Waals surface area contributed by atoms with Crippen LogP contribution in [0.3, 0.4) is 0 Å². The number of aliphatic hydroxyl groups is 3. The zero-order valence-electron chi connectivity index (χ0n) is 12.5. The minimum atomic E-state index is -1.50. The standard InChI is InChI=1S/C10H16N2O4.C3H8O2/c1-12(5-4-9(15)11-7-14)10-3-2-8(6-13)16-10;1-3(2,4)5/h4-5,7-8,10,13H,2-3,6H2,1H3,(H,11,14,15);4-5H,1-2H3/b5-4-;. The number of nitrogens with zero attached hydrogens (tertiary/aromatic N) is 1. The second-order valence-corrected chi connectivity index (χ2v) is 5.07. The molecule has 0 aliphatic carbocycles. The van der Waals surface area contributed by atoms with Gasteiger partial charge in [0.1, 0.15) is 6.23 Å². The van der Waals surface area contributed by atoms with E-state index in [1.807, 2.05) is 5.32 Å². The number of rotatable bonds is 5. The molecular formula is C13H24N2O6. The van der Waals surface area contributed by atoms with Crippen molar-refractivity contribution in [1.29, 1.82) is 0 Å². The summed E-state index contributed by atoms with van der Waals surface area (Å²) in [5.41, 5.74) is 0. The first-order valence-electron chi connectivity index (χ1n) is 6.52. The van der Waals surface area contributed by atoms with E-state index in [2.05, 4.69) is 0 Å². The molecule has 8 heteroatoms. The minimum absolute atomic E-state index is 0.0136. The van der Waals surface area contributed by atoms with E-state index in [0.29, 0.717) is 6.41 Å². The summed E-state index contributed by atoms with van der Waals surface area (Å²) in [7, 11) is 1.77. The van der Waals surface area contributed by atoms with Gasteiger partial charge in [0.2, 0.25) is 6.41 Å². The van der Waals surface area contributed by atoms with Crippen LogP contribution in [0.15, 0.2) is 12.3 Å². The highest BCUT2D eigenvalue weighted by Crippen LogP contribution is 2.21. The van der Waals surface area contributed by atoms with Crippen LogP contribution in [0.2, 0.25) is 0 Å². The summed E-state index contributed by atoms with van der Waals surface area (Å²) in [4.78, 5) is 22.6. The van der Waals surface area contributed by atoms with Gasteiger partial charge < -0.3 is 25.0 Å². The van der Waals surface area contributed by atoms with E-state index in [9.17, 15) is 9.59 Å². The summed E-state index contributed by atoms with van der Waals surface area (Å²) < 4.78 is 5.49. The fourth-order valence-electron chi connectivity index (χ4n) is 1.51. The van der Waals surface area contributed by atoms with Crippen molar-refractivity contribution < 1.29 is 29.6 Å². The molecule has 122 valence electrons. The van der Waals surface area contributed by atoms with Crippen molar-refractivity contribution >= 4 is 12.3 Å². The second-order valence-electron chi connectivity index (χ2n) is 5.07. The van der Waals surface area contributed by atoms with E-state index in [4.69, 9.17) is 20.1 Å². The van der Waals surface area contributed by atoms with E-state index < -0.39 is 11.7 Å². The van der Waals surface area contributed by atoms with Gasteiger partial charge in [0.25, 0.3) is 5.91 Å². The lowest BCUT2D eigenvalue weighted by Crippen LogP contribution is -2.28. The first kappa shape index (κ1) is 19.5. The predicted octanol–water partition coefficient (Wildman–Crippen LogP) is -1.09. The Balaban J connectivity index is 0.000000690. The number of nitrogens with one attached hydrogen (secondary N) is 1. The summed E-state index contributed by atoms with van der Waals surface area (Å²) in [6, 6.07) is 0. The highest BCUT2D eigenvalue weighted by atomic mass is 16.5. The number of carbonyl (C=O) groups excluding carboxylic acids is 2. The van der Waals surface area contributed by atoms with E-state index >= 15 is 0 Å². The maximum atomic E-state index is 10.9. The van der Waals surface area contributed by atoms with E-state index in [1.54, 1.807) is 18.1 Å². The molecule has 21 heavy (non-hydrogen) atoms. The van der Waals surface area contributed by atoms with Crippen molar-refractivity contribution in [2.24, 2.45) is 0 Å². The Labute approximate surface area is 124 Å². The molecule has 2 unspecified atom stereocenters.